The third kappa shape index (κ3) is 18.1. The van der Waals surface area contributed by atoms with Crippen molar-refractivity contribution in [1.29, 1.82) is 0 Å². The Kier molecular flexibility index (Phi) is 18.4. The molecule has 0 aliphatic heterocycles. The van der Waals surface area contributed by atoms with Crippen molar-refractivity contribution in [2.45, 2.75) is 39.5 Å². The lowest BCUT2D eigenvalue weighted by atomic mass is 10.1. The molecule has 128 valence electrons. The summed E-state index contributed by atoms with van der Waals surface area (Å²) in [6.07, 6.45) is 4.55. The molecule has 0 aliphatic rings. The van der Waals surface area contributed by atoms with E-state index < -0.39 is 0 Å². The summed E-state index contributed by atoms with van der Waals surface area (Å²) >= 11 is 4.23. The number of rotatable bonds is 17. The SMILES string of the molecule is CCCCOCCOCCOCCOCCC(C)CCS. The van der Waals surface area contributed by atoms with Gasteiger partial charge in [-0.3, -0.25) is 0 Å². The monoisotopic (exact) mass is 322 g/mol. The molecule has 1 atom stereocenters. The predicted molar refractivity (Wildman–Crippen MR) is 90.4 cm³/mol. The Balaban J connectivity index is 2.99. The molecule has 0 aliphatic carbocycles. The number of thiol groups is 1. The Bertz CT molecular complexity index is 193. The lowest BCUT2D eigenvalue weighted by molar-refractivity contribution is -0.00311. The van der Waals surface area contributed by atoms with Crippen LogP contribution >= 0.6 is 12.6 Å². The number of hydrogen-bond acceptors (Lipinski definition) is 5. The second-order valence-corrected chi connectivity index (χ2v) is 5.66. The van der Waals surface area contributed by atoms with Gasteiger partial charge in [0, 0.05) is 13.2 Å². The second-order valence-electron chi connectivity index (χ2n) is 5.21. The van der Waals surface area contributed by atoms with Crippen molar-refractivity contribution in [3.8, 4) is 0 Å². The van der Waals surface area contributed by atoms with E-state index in [0.29, 0.717) is 45.6 Å². The molecule has 4 nitrogen and oxygen atoms in total. The van der Waals surface area contributed by atoms with Gasteiger partial charge in [-0.25, -0.2) is 0 Å². The zero-order chi connectivity index (χ0) is 15.6. The second kappa shape index (κ2) is 18.2. The summed E-state index contributed by atoms with van der Waals surface area (Å²) in [4.78, 5) is 0. The van der Waals surface area contributed by atoms with Crippen LogP contribution in [-0.4, -0.2) is 58.6 Å². The fourth-order valence-electron chi connectivity index (χ4n) is 1.66. The van der Waals surface area contributed by atoms with E-state index in [1.54, 1.807) is 0 Å². The molecular weight excluding hydrogens is 288 g/mol. The lowest BCUT2D eigenvalue weighted by Crippen LogP contribution is -2.12. The van der Waals surface area contributed by atoms with Crippen LogP contribution in [0.4, 0.5) is 0 Å². The molecule has 0 saturated heterocycles. The highest BCUT2D eigenvalue weighted by molar-refractivity contribution is 7.80. The van der Waals surface area contributed by atoms with Crippen LogP contribution in [0.1, 0.15) is 39.5 Å². The fourth-order valence-corrected chi connectivity index (χ4v) is 2.10. The molecule has 0 rings (SSSR count). The summed E-state index contributed by atoms with van der Waals surface area (Å²) in [5, 5.41) is 0. The summed E-state index contributed by atoms with van der Waals surface area (Å²) in [5.74, 6) is 1.64. The van der Waals surface area contributed by atoms with E-state index in [-0.39, 0.29) is 0 Å². The summed E-state index contributed by atoms with van der Waals surface area (Å²) in [7, 11) is 0. The minimum atomic E-state index is 0.619. The van der Waals surface area contributed by atoms with Crippen molar-refractivity contribution in [2.75, 3.05) is 58.6 Å². The van der Waals surface area contributed by atoms with Crippen LogP contribution in [-0.2, 0) is 18.9 Å². The molecule has 1 unspecified atom stereocenters. The van der Waals surface area contributed by atoms with E-state index >= 15 is 0 Å². The Morgan fingerprint density at radius 1 is 0.714 bits per heavy atom. The van der Waals surface area contributed by atoms with Crippen LogP contribution < -0.4 is 0 Å². The molecule has 21 heavy (non-hydrogen) atoms. The van der Waals surface area contributed by atoms with Crippen molar-refractivity contribution < 1.29 is 18.9 Å². The largest absolute Gasteiger partial charge is 0.379 e. The van der Waals surface area contributed by atoms with Crippen molar-refractivity contribution in [3.05, 3.63) is 0 Å². The Morgan fingerprint density at radius 3 is 1.67 bits per heavy atom. The van der Waals surface area contributed by atoms with Crippen LogP contribution in [0.25, 0.3) is 0 Å². The Morgan fingerprint density at radius 2 is 1.19 bits per heavy atom. The molecule has 5 heteroatoms. The summed E-state index contributed by atoms with van der Waals surface area (Å²) < 4.78 is 21.7. The molecule has 0 aromatic carbocycles. The van der Waals surface area contributed by atoms with E-state index in [1.807, 2.05) is 0 Å². The first kappa shape index (κ1) is 21.2. The van der Waals surface area contributed by atoms with Gasteiger partial charge >= 0.3 is 0 Å². The third-order valence-electron chi connectivity index (χ3n) is 3.14. The maximum atomic E-state index is 5.52. The molecule has 0 spiro atoms. The van der Waals surface area contributed by atoms with Crippen LogP contribution in [0.5, 0.6) is 0 Å². The highest BCUT2D eigenvalue weighted by atomic mass is 32.1. The van der Waals surface area contributed by atoms with Crippen molar-refractivity contribution in [1.82, 2.24) is 0 Å². The molecule has 0 bridgehead atoms. The quantitative estimate of drug-likeness (QED) is 0.330. The highest BCUT2D eigenvalue weighted by Gasteiger charge is 2.00. The van der Waals surface area contributed by atoms with Crippen LogP contribution in [0.2, 0.25) is 0 Å². The van der Waals surface area contributed by atoms with Gasteiger partial charge in [-0.15, -0.1) is 0 Å². The van der Waals surface area contributed by atoms with Gasteiger partial charge in [-0.2, -0.15) is 12.6 Å². The van der Waals surface area contributed by atoms with Crippen molar-refractivity contribution in [3.63, 3.8) is 0 Å². The number of hydrogen-bond donors (Lipinski definition) is 1. The zero-order valence-electron chi connectivity index (χ0n) is 13.8. The molecular formula is C16H34O4S. The molecule has 0 aromatic heterocycles. The lowest BCUT2D eigenvalue weighted by Gasteiger charge is -2.10. The van der Waals surface area contributed by atoms with Gasteiger partial charge in [0.15, 0.2) is 0 Å². The van der Waals surface area contributed by atoms with E-state index in [4.69, 9.17) is 18.9 Å². The van der Waals surface area contributed by atoms with Gasteiger partial charge in [0.1, 0.15) is 0 Å². The maximum Gasteiger partial charge on any atom is 0.0701 e. The Labute approximate surface area is 136 Å². The predicted octanol–water partition coefficient (Wildman–Crippen LogP) is 3.20. The van der Waals surface area contributed by atoms with Gasteiger partial charge in [0.2, 0.25) is 0 Å². The smallest absolute Gasteiger partial charge is 0.0701 e. The van der Waals surface area contributed by atoms with Gasteiger partial charge in [-0.1, -0.05) is 20.3 Å². The van der Waals surface area contributed by atoms with Gasteiger partial charge in [0.05, 0.1) is 39.6 Å². The fraction of sp³-hybridized carbons (Fsp3) is 1.00. The zero-order valence-corrected chi connectivity index (χ0v) is 14.7. The number of ether oxygens (including phenoxy) is 4. The highest BCUT2D eigenvalue weighted by Crippen LogP contribution is 2.07. The van der Waals surface area contributed by atoms with E-state index in [9.17, 15) is 0 Å². The molecule has 0 radical (unpaired) electrons. The molecule has 0 saturated carbocycles. The topological polar surface area (TPSA) is 36.9 Å². The first-order valence-electron chi connectivity index (χ1n) is 8.23. The molecule has 0 amide bonds. The standard InChI is InChI=1S/C16H34O4S/c1-3-4-7-17-9-11-19-13-14-20-12-10-18-8-5-16(2)6-15-21/h16,21H,3-15H2,1-2H3. The Hall–Kier alpha value is 0.190. The molecule has 0 aromatic rings. The summed E-state index contributed by atoms with van der Waals surface area (Å²) in [5.41, 5.74) is 0. The molecule has 0 heterocycles. The van der Waals surface area contributed by atoms with Crippen molar-refractivity contribution in [2.24, 2.45) is 5.92 Å². The number of unbranched alkanes of at least 4 members (excludes halogenated alkanes) is 1. The summed E-state index contributed by atoms with van der Waals surface area (Å²) in [6.45, 7) is 9.89. The van der Waals surface area contributed by atoms with Crippen LogP contribution in [0.15, 0.2) is 0 Å². The van der Waals surface area contributed by atoms with Crippen molar-refractivity contribution >= 4 is 12.6 Å². The first-order chi connectivity index (χ1) is 10.3. The van der Waals surface area contributed by atoms with Gasteiger partial charge < -0.3 is 18.9 Å². The average Bonchev–Trinajstić information content (AvgIpc) is 2.48. The molecule has 0 N–H and O–H groups in total. The van der Waals surface area contributed by atoms with Crippen LogP contribution in [0.3, 0.4) is 0 Å². The first-order valence-corrected chi connectivity index (χ1v) is 8.86. The minimum Gasteiger partial charge on any atom is -0.379 e. The normalized spacial score (nSPS) is 12.7. The maximum absolute atomic E-state index is 5.52. The van der Waals surface area contributed by atoms with E-state index in [0.717, 1.165) is 38.2 Å². The van der Waals surface area contributed by atoms with E-state index in [1.165, 1.54) is 6.42 Å². The van der Waals surface area contributed by atoms with Gasteiger partial charge in [-0.05, 0) is 30.9 Å². The van der Waals surface area contributed by atoms with Crippen LogP contribution in [0, 0.1) is 5.92 Å². The third-order valence-corrected chi connectivity index (χ3v) is 3.39. The van der Waals surface area contributed by atoms with E-state index in [2.05, 4.69) is 26.5 Å². The minimum absolute atomic E-state index is 0.619. The summed E-state index contributed by atoms with van der Waals surface area (Å²) in [6, 6.07) is 0. The van der Waals surface area contributed by atoms with Gasteiger partial charge in [0.25, 0.3) is 0 Å². The average molecular weight is 323 g/mol. The molecule has 0 fully saturated rings.